The molecule has 0 rings (SSSR count). The fourth-order valence-electron chi connectivity index (χ4n) is 5.42. The molecule has 0 saturated heterocycles. The zero-order chi connectivity index (χ0) is 37.5. The molecule has 0 aromatic heterocycles. The van der Waals surface area contributed by atoms with Crippen LogP contribution >= 0.6 is 7.82 Å². The number of phosphoric acid groups is 1. The van der Waals surface area contributed by atoms with E-state index in [1.165, 1.54) is 96.3 Å². The fourth-order valence-corrected chi connectivity index (χ4v) is 6.21. The standard InChI is InChI=1S/C41H77O9P/c1-3-5-7-9-11-13-15-16-17-18-19-20-21-22-23-24-26-28-30-32-34-47-37-40(38-49-51(45,46)48-36-39(43)35-42)50-41(44)33-31-29-27-25-14-12-10-8-6-4-2/h11,13,16-17,19-20,39-40,42-43H,3-10,12,14-15,18,21-38H2,1-2H3,(H,45,46)/b13-11-,17-16-,20-19-. The number of allylic oxidation sites excluding steroid dienone is 6. The van der Waals surface area contributed by atoms with Crippen LogP contribution in [0.25, 0.3) is 0 Å². The molecule has 0 aromatic carbocycles. The minimum Gasteiger partial charge on any atom is -0.457 e. The van der Waals surface area contributed by atoms with E-state index in [9.17, 15) is 19.4 Å². The number of unbranched alkanes of at least 4 members (excludes halogenated alkanes) is 19. The number of ether oxygens (including phenoxy) is 2. The van der Waals surface area contributed by atoms with Gasteiger partial charge in [0.2, 0.25) is 0 Å². The van der Waals surface area contributed by atoms with Crippen molar-refractivity contribution in [2.75, 3.05) is 33.0 Å². The molecule has 3 N–H and O–H groups in total. The lowest BCUT2D eigenvalue weighted by Crippen LogP contribution is -2.29. The largest absolute Gasteiger partial charge is 0.472 e. The van der Waals surface area contributed by atoms with Crippen LogP contribution in [0.5, 0.6) is 0 Å². The van der Waals surface area contributed by atoms with Crippen molar-refractivity contribution in [1.82, 2.24) is 0 Å². The molecule has 0 bridgehead atoms. The van der Waals surface area contributed by atoms with Gasteiger partial charge in [0.15, 0.2) is 0 Å². The number of carbonyl (C=O) groups is 1. The molecular weight excluding hydrogens is 667 g/mol. The molecule has 0 aromatic rings. The summed E-state index contributed by atoms with van der Waals surface area (Å²) in [5.74, 6) is -0.389. The van der Waals surface area contributed by atoms with E-state index < -0.39 is 33.2 Å². The average molecular weight is 745 g/mol. The molecule has 0 heterocycles. The summed E-state index contributed by atoms with van der Waals surface area (Å²) in [5, 5.41) is 18.3. The predicted octanol–water partition coefficient (Wildman–Crippen LogP) is 10.9. The van der Waals surface area contributed by atoms with Crippen LogP contribution in [0.1, 0.15) is 174 Å². The minimum atomic E-state index is -4.51. The Morgan fingerprint density at radius 3 is 1.63 bits per heavy atom. The van der Waals surface area contributed by atoms with E-state index in [4.69, 9.17) is 23.6 Å². The highest BCUT2D eigenvalue weighted by atomic mass is 31.2. The van der Waals surface area contributed by atoms with Crippen molar-refractivity contribution in [2.45, 2.75) is 187 Å². The van der Waals surface area contributed by atoms with Crippen LogP contribution in [0.3, 0.4) is 0 Å². The highest BCUT2D eigenvalue weighted by molar-refractivity contribution is 7.47. The Bertz CT molecular complexity index is 892. The van der Waals surface area contributed by atoms with Crippen molar-refractivity contribution in [3.8, 4) is 0 Å². The summed E-state index contributed by atoms with van der Waals surface area (Å²) in [6.45, 7) is 3.45. The smallest absolute Gasteiger partial charge is 0.457 e. The summed E-state index contributed by atoms with van der Waals surface area (Å²) in [6, 6.07) is 0. The molecule has 0 fully saturated rings. The number of hydrogen-bond donors (Lipinski definition) is 3. The monoisotopic (exact) mass is 745 g/mol. The van der Waals surface area contributed by atoms with Gasteiger partial charge in [0, 0.05) is 13.0 Å². The van der Waals surface area contributed by atoms with Gasteiger partial charge in [-0.05, 0) is 51.4 Å². The third kappa shape index (κ3) is 38.2. The molecule has 9 nitrogen and oxygen atoms in total. The summed E-state index contributed by atoms with van der Waals surface area (Å²) in [7, 11) is -4.51. The second-order valence-corrected chi connectivity index (χ2v) is 15.1. The first kappa shape index (κ1) is 49.7. The fraction of sp³-hybridized carbons (Fsp3) is 0.829. The van der Waals surface area contributed by atoms with Gasteiger partial charge in [0.05, 0.1) is 26.4 Å². The van der Waals surface area contributed by atoms with Gasteiger partial charge in [0.1, 0.15) is 12.2 Å². The number of hydrogen-bond acceptors (Lipinski definition) is 8. The summed E-state index contributed by atoms with van der Waals surface area (Å²) < 4.78 is 33.2. The van der Waals surface area contributed by atoms with Crippen molar-refractivity contribution in [2.24, 2.45) is 0 Å². The molecule has 0 radical (unpaired) electrons. The normalized spacial score (nSPS) is 14.5. The number of aliphatic hydroxyl groups excluding tert-OH is 2. The SMILES string of the molecule is CCCCC/C=C\C/C=C\C/C=C\CCCCCCCCCOCC(COP(=O)(O)OCC(O)CO)OC(=O)CCCCCCCCCCCC. The number of aliphatic hydroxyl groups is 2. The average Bonchev–Trinajstić information content (AvgIpc) is 3.12. The van der Waals surface area contributed by atoms with Crippen LogP contribution in [0.2, 0.25) is 0 Å². The van der Waals surface area contributed by atoms with Gasteiger partial charge in [0.25, 0.3) is 0 Å². The molecule has 51 heavy (non-hydrogen) atoms. The van der Waals surface area contributed by atoms with E-state index in [1.807, 2.05) is 0 Å². The van der Waals surface area contributed by atoms with Crippen LogP contribution in [-0.2, 0) is 27.9 Å². The first-order valence-electron chi connectivity index (χ1n) is 20.5. The van der Waals surface area contributed by atoms with E-state index in [0.717, 1.165) is 57.8 Å². The molecule has 300 valence electrons. The van der Waals surface area contributed by atoms with Crippen molar-refractivity contribution >= 4 is 13.8 Å². The van der Waals surface area contributed by atoms with Crippen molar-refractivity contribution in [1.29, 1.82) is 0 Å². The van der Waals surface area contributed by atoms with Crippen LogP contribution in [-0.4, -0.2) is 66.3 Å². The van der Waals surface area contributed by atoms with Crippen molar-refractivity contribution < 1.29 is 43.0 Å². The minimum absolute atomic E-state index is 0.0442. The van der Waals surface area contributed by atoms with Crippen molar-refractivity contribution in [3.63, 3.8) is 0 Å². The lowest BCUT2D eigenvalue weighted by Gasteiger charge is -2.20. The highest BCUT2D eigenvalue weighted by Crippen LogP contribution is 2.43. The number of rotatable bonds is 39. The Kier molecular flexibility index (Phi) is 37.4. The third-order valence-corrected chi connectivity index (χ3v) is 9.53. The van der Waals surface area contributed by atoms with Gasteiger partial charge in [-0.15, -0.1) is 0 Å². The summed E-state index contributed by atoms with van der Waals surface area (Å²) in [6.07, 6.45) is 39.6. The molecule has 3 atom stereocenters. The Hall–Kier alpha value is -1.32. The molecule has 0 spiro atoms. The van der Waals surface area contributed by atoms with Gasteiger partial charge in [-0.2, -0.15) is 0 Å². The van der Waals surface area contributed by atoms with E-state index in [-0.39, 0.29) is 25.6 Å². The third-order valence-electron chi connectivity index (χ3n) is 8.58. The maximum absolute atomic E-state index is 12.5. The number of esters is 1. The maximum atomic E-state index is 12.5. The van der Waals surface area contributed by atoms with Gasteiger partial charge in [-0.3, -0.25) is 13.8 Å². The van der Waals surface area contributed by atoms with Crippen LogP contribution in [0, 0.1) is 0 Å². The first-order chi connectivity index (χ1) is 24.8. The van der Waals surface area contributed by atoms with Crippen molar-refractivity contribution in [3.05, 3.63) is 36.5 Å². The predicted molar refractivity (Wildman–Crippen MR) is 210 cm³/mol. The highest BCUT2D eigenvalue weighted by Gasteiger charge is 2.26. The molecule has 10 heteroatoms. The van der Waals surface area contributed by atoms with Crippen LogP contribution < -0.4 is 0 Å². The maximum Gasteiger partial charge on any atom is 0.472 e. The van der Waals surface area contributed by atoms with Gasteiger partial charge < -0.3 is 24.6 Å². The van der Waals surface area contributed by atoms with Crippen LogP contribution in [0.4, 0.5) is 0 Å². The van der Waals surface area contributed by atoms with E-state index in [1.54, 1.807) is 0 Å². The lowest BCUT2D eigenvalue weighted by atomic mass is 10.1. The molecule has 3 unspecified atom stereocenters. The van der Waals surface area contributed by atoms with E-state index >= 15 is 0 Å². The zero-order valence-electron chi connectivity index (χ0n) is 32.6. The zero-order valence-corrected chi connectivity index (χ0v) is 33.5. The quantitative estimate of drug-likeness (QED) is 0.0243. The Morgan fingerprint density at radius 2 is 1.06 bits per heavy atom. The Labute approximate surface area is 312 Å². The van der Waals surface area contributed by atoms with E-state index in [2.05, 4.69) is 50.3 Å². The van der Waals surface area contributed by atoms with Gasteiger partial charge in [-0.25, -0.2) is 4.57 Å². The Morgan fingerprint density at radius 1 is 0.608 bits per heavy atom. The molecule has 0 saturated carbocycles. The second kappa shape index (κ2) is 38.4. The van der Waals surface area contributed by atoms with Gasteiger partial charge >= 0.3 is 13.8 Å². The van der Waals surface area contributed by atoms with E-state index in [0.29, 0.717) is 6.61 Å². The molecule has 0 aliphatic heterocycles. The molecule has 0 aliphatic carbocycles. The molecular formula is C41H77O9P. The second-order valence-electron chi connectivity index (χ2n) is 13.7. The van der Waals surface area contributed by atoms with Gasteiger partial charge in [-0.1, -0.05) is 153 Å². The molecule has 0 aliphatic rings. The molecule has 0 amide bonds. The topological polar surface area (TPSA) is 132 Å². The summed E-state index contributed by atoms with van der Waals surface area (Å²) in [4.78, 5) is 22.5. The first-order valence-corrected chi connectivity index (χ1v) is 22.0. The lowest BCUT2D eigenvalue weighted by molar-refractivity contribution is -0.154. The number of phosphoric ester groups is 1. The number of carbonyl (C=O) groups excluding carboxylic acids is 1. The Balaban J connectivity index is 4.15. The summed E-state index contributed by atoms with van der Waals surface area (Å²) >= 11 is 0. The van der Waals surface area contributed by atoms with Crippen LogP contribution in [0.15, 0.2) is 36.5 Å². The summed E-state index contributed by atoms with van der Waals surface area (Å²) in [5.41, 5.74) is 0.